The summed E-state index contributed by atoms with van der Waals surface area (Å²) in [5, 5.41) is 17.7. The molecule has 1 rings (SSSR count). The Morgan fingerprint density at radius 2 is 2.12 bits per heavy atom. The zero-order valence-electron chi connectivity index (χ0n) is 9.00. The Morgan fingerprint density at radius 1 is 1.50 bits per heavy atom. The molecule has 0 amide bonds. The number of hydrogen-bond acceptors (Lipinski definition) is 2. The molecule has 0 aliphatic carbocycles. The quantitative estimate of drug-likeness (QED) is 0.669. The number of halogens is 1. The van der Waals surface area contributed by atoms with Crippen LogP contribution in [0.5, 0.6) is 0 Å². The van der Waals surface area contributed by atoms with Gasteiger partial charge in [-0.3, -0.25) is 0 Å². The van der Waals surface area contributed by atoms with Gasteiger partial charge in [0.15, 0.2) is 0 Å². The van der Waals surface area contributed by atoms with Crippen molar-refractivity contribution in [2.75, 3.05) is 6.61 Å². The minimum Gasteiger partial charge on any atom is -0.396 e. The van der Waals surface area contributed by atoms with Crippen molar-refractivity contribution in [3.8, 4) is 6.07 Å². The van der Waals surface area contributed by atoms with Crippen molar-refractivity contribution in [3.05, 3.63) is 33.8 Å². The normalized spacial score (nSPS) is 10.6. The second kappa shape index (κ2) is 8.91. The van der Waals surface area contributed by atoms with Crippen molar-refractivity contribution < 1.29 is 24.0 Å². The van der Waals surface area contributed by atoms with Gasteiger partial charge in [-0.25, -0.2) is 0 Å². The molecule has 0 saturated heterocycles. The third kappa shape index (κ3) is 4.77. The smallest absolute Gasteiger partial charge is 0.396 e. The van der Waals surface area contributed by atoms with E-state index in [0.29, 0.717) is 6.42 Å². The van der Waals surface area contributed by atoms with Crippen LogP contribution in [0.1, 0.15) is 23.5 Å². The molecule has 2 nitrogen and oxygen atoms in total. The second-order valence-corrected chi connectivity index (χ2v) is 4.11. The number of aryl methyl sites for hydroxylation is 1. The van der Waals surface area contributed by atoms with Gasteiger partial charge in [-0.15, -0.1) is 0 Å². The summed E-state index contributed by atoms with van der Waals surface area (Å²) >= 11 is 3.37. The molecule has 0 spiro atoms. The fourth-order valence-electron chi connectivity index (χ4n) is 1.45. The molecule has 1 N–H and O–H groups in total. The van der Waals surface area contributed by atoms with Crippen LogP contribution in [0.2, 0.25) is 0 Å². The van der Waals surface area contributed by atoms with Gasteiger partial charge in [0.05, 0.1) is 12.0 Å². The average molecular weight is 276 g/mol. The molecule has 1 atom stereocenters. The molecule has 0 bridgehead atoms. The third-order valence-electron chi connectivity index (χ3n) is 2.18. The second-order valence-electron chi connectivity index (χ2n) is 3.19. The van der Waals surface area contributed by atoms with Crippen LogP contribution < -0.4 is 18.9 Å². The first-order valence-corrected chi connectivity index (χ1v) is 5.25. The molecule has 0 heterocycles. The largest absolute Gasteiger partial charge is 1.00 e. The van der Waals surface area contributed by atoms with Crippen molar-refractivity contribution in [2.24, 2.45) is 0 Å². The van der Waals surface area contributed by atoms with E-state index in [1.807, 2.05) is 25.1 Å². The molecular weight excluding hydrogens is 260 g/mol. The van der Waals surface area contributed by atoms with Gasteiger partial charge in [0.1, 0.15) is 0 Å². The van der Waals surface area contributed by atoms with Crippen LogP contribution in [0.15, 0.2) is 22.7 Å². The van der Waals surface area contributed by atoms with Gasteiger partial charge < -0.3 is 5.11 Å². The summed E-state index contributed by atoms with van der Waals surface area (Å²) in [5.41, 5.74) is 2.09. The van der Waals surface area contributed by atoms with Crippen molar-refractivity contribution in [2.45, 2.75) is 19.3 Å². The fraction of sp³-hybridized carbons (Fsp3) is 0.364. The van der Waals surface area contributed by atoms with E-state index in [1.165, 1.54) is 0 Å². The third-order valence-corrected chi connectivity index (χ3v) is 2.67. The fourth-order valence-corrected chi connectivity index (χ4v) is 1.92. The maximum atomic E-state index is 8.93. The summed E-state index contributed by atoms with van der Waals surface area (Å²) in [6.07, 6.45) is 0.499. The van der Waals surface area contributed by atoms with Gasteiger partial charge in [0.2, 0.25) is 0 Å². The van der Waals surface area contributed by atoms with E-state index in [-0.39, 0.29) is 39.8 Å². The molecule has 1 unspecified atom stereocenters. The van der Waals surface area contributed by atoms with Crippen LogP contribution in [0.25, 0.3) is 0 Å². The maximum absolute atomic E-state index is 8.93. The zero-order valence-corrected chi connectivity index (χ0v) is 10.6. The number of nitriles is 1. The Morgan fingerprint density at radius 3 is 2.56 bits per heavy atom. The van der Waals surface area contributed by atoms with Crippen LogP contribution >= 0.6 is 15.9 Å². The summed E-state index contributed by atoms with van der Waals surface area (Å²) in [5.74, 6) is -0.201. The summed E-state index contributed by atoms with van der Waals surface area (Å²) < 4.78 is 1.01. The SMILES string of the molecule is Cc1cc(Br)ccc1C(C#N)CCO.[BH4-].[Li+]. The Labute approximate surface area is 119 Å². The standard InChI is InChI=1S/C11H12BrNO.BH4.Li/c1-8-6-10(12)2-3-11(8)9(7-13)4-5-14;;/h2-3,6,9,14H,4-5H2,1H3;1H4;/q;-1;+1. The Bertz CT molecular complexity index is 367. The molecule has 0 aliphatic rings. The molecule has 82 valence electrons. The maximum Gasteiger partial charge on any atom is 1.00 e. The molecule has 1 aromatic carbocycles. The van der Waals surface area contributed by atoms with Gasteiger partial charge in [0, 0.05) is 11.1 Å². The van der Waals surface area contributed by atoms with Crippen molar-refractivity contribution in [3.63, 3.8) is 0 Å². The minimum atomic E-state index is -0.201. The molecule has 0 aromatic heterocycles. The molecule has 1 aromatic rings. The van der Waals surface area contributed by atoms with E-state index >= 15 is 0 Å². The first kappa shape index (κ1) is 18.2. The molecule has 16 heavy (non-hydrogen) atoms. The first-order chi connectivity index (χ1) is 6.69. The molecule has 0 fully saturated rings. The summed E-state index contributed by atoms with van der Waals surface area (Å²) in [6.45, 7) is 2.02. The van der Waals surface area contributed by atoms with Gasteiger partial charge >= 0.3 is 18.9 Å². The summed E-state index contributed by atoms with van der Waals surface area (Å²) in [4.78, 5) is 0. The van der Waals surface area contributed by atoms with Crippen LogP contribution in [0.4, 0.5) is 0 Å². The van der Waals surface area contributed by atoms with Gasteiger partial charge in [-0.05, 0) is 36.6 Å². The van der Waals surface area contributed by atoms with E-state index in [2.05, 4.69) is 22.0 Å². The number of aliphatic hydroxyl groups is 1. The first-order valence-electron chi connectivity index (χ1n) is 4.45. The van der Waals surface area contributed by atoms with E-state index < -0.39 is 0 Å². The Kier molecular flexibility index (Phi) is 10.1. The predicted molar refractivity (Wildman–Crippen MR) is 70.3 cm³/mol. The summed E-state index contributed by atoms with van der Waals surface area (Å²) in [7, 11) is 0. The Balaban J connectivity index is 0. The molecular formula is C11H16BBrLiNO. The molecule has 5 heteroatoms. The number of nitrogens with zero attached hydrogens (tertiary/aromatic N) is 1. The number of benzene rings is 1. The van der Waals surface area contributed by atoms with Gasteiger partial charge in [0.25, 0.3) is 0 Å². The average Bonchev–Trinajstić information content (AvgIpc) is 2.15. The van der Waals surface area contributed by atoms with E-state index in [0.717, 1.165) is 15.6 Å². The van der Waals surface area contributed by atoms with Gasteiger partial charge in [-0.2, -0.15) is 5.26 Å². The summed E-state index contributed by atoms with van der Waals surface area (Å²) in [6, 6.07) is 8.04. The van der Waals surface area contributed by atoms with Crippen molar-refractivity contribution in [1.29, 1.82) is 5.26 Å². The number of hydrogen-bond donors (Lipinski definition) is 1. The predicted octanol–water partition coefficient (Wildman–Crippen LogP) is -1.70. The molecule has 0 radical (unpaired) electrons. The Hall–Kier alpha value is -0.188. The number of rotatable bonds is 3. The van der Waals surface area contributed by atoms with Crippen LogP contribution in [0.3, 0.4) is 0 Å². The monoisotopic (exact) mass is 275 g/mol. The minimum absolute atomic E-state index is 0. The van der Waals surface area contributed by atoms with E-state index in [9.17, 15) is 0 Å². The zero-order chi connectivity index (χ0) is 10.6. The van der Waals surface area contributed by atoms with Gasteiger partial charge in [-0.1, -0.05) is 30.4 Å². The van der Waals surface area contributed by atoms with E-state index in [1.54, 1.807) is 0 Å². The van der Waals surface area contributed by atoms with Crippen LogP contribution in [-0.4, -0.2) is 20.1 Å². The number of aliphatic hydroxyl groups excluding tert-OH is 1. The molecule has 0 aliphatic heterocycles. The topological polar surface area (TPSA) is 44.0 Å². The molecule has 0 saturated carbocycles. The van der Waals surface area contributed by atoms with Crippen molar-refractivity contribution >= 4 is 24.3 Å². The van der Waals surface area contributed by atoms with E-state index in [4.69, 9.17) is 10.4 Å². The van der Waals surface area contributed by atoms with Crippen molar-refractivity contribution in [1.82, 2.24) is 0 Å². The van der Waals surface area contributed by atoms with Crippen LogP contribution in [-0.2, 0) is 0 Å². The van der Waals surface area contributed by atoms with Crippen LogP contribution in [0, 0.1) is 18.3 Å².